The van der Waals surface area contributed by atoms with E-state index in [1.807, 2.05) is 12.4 Å². The van der Waals surface area contributed by atoms with Crippen LogP contribution in [0.1, 0.15) is 12.6 Å². The van der Waals surface area contributed by atoms with Crippen molar-refractivity contribution in [3.05, 3.63) is 30.1 Å². The maximum absolute atomic E-state index is 8.89. The molecule has 0 unspecified atom stereocenters. The molecule has 1 rings (SSSR count). The van der Waals surface area contributed by atoms with E-state index in [9.17, 15) is 0 Å². The molecule has 1 heterocycles. The number of hydrogen-bond acceptors (Lipinski definition) is 3. The Morgan fingerprint density at radius 1 is 1.60 bits per heavy atom. The average Bonchev–Trinajstić information content (AvgIpc) is 2.27. The van der Waals surface area contributed by atoms with Gasteiger partial charge in [-0.25, -0.2) is 0 Å². The summed E-state index contributed by atoms with van der Waals surface area (Å²) < 4.78 is 0. The maximum atomic E-state index is 8.89. The third kappa shape index (κ3) is 3.61. The third-order valence-corrected chi connectivity index (χ3v) is 1.79. The minimum absolute atomic E-state index is 0.224. The number of aliphatic imine (C=N–C) groups is 1. The molecule has 80 valence electrons. The Labute approximate surface area is 93.2 Å². The van der Waals surface area contributed by atoms with Gasteiger partial charge >= 0.3 is 0 Å². The highest BCUT2D eigenvalue weighted by molar-refractivity contribution is 7.80. The Balaban J connectivity index is 2.84. The first kappa shape index (κ1) is 11.5. The Bertz CT molecular complexity index is 352. The first-order chi connectivity index (χ1) is 7.27. The molecule has 0 spiro atoms. The number of nitrogens with zero attached hydrogens (tertiary/aromatic N) is 2. The molecular formula is C9H12N4OS. The Morgan fingerprint density at radius 2 is 2.40 bits per heavy atom. The van der Waals surface area contributed by atoms with E-state index in [0.29, 0.717) is 17.4 Å². The van der Waals surface area contributed by atoms with Gasteiger partial charge in [0, 0.05) is 12.7 Å². The van der Waals surface area contributed by atoms with Gasteiger partial charge in [-0.3, -0.25) is 15.7 Å². The second-order valence-corrected chi connectivity index (χ2v) is 3.01. The van der Waals surface area contributed by atoms with Crippen molar-refractivity contribution in [1.29, 1.82) is 0 Å². The maximum Gasteiger partial charge on any atom is 0.194 e. The summed E-state index contributed by atoms with van der Waals surface area (Å²) in [6, 6.07) is 5.29. The SMILES string of the molecule is CCNC(=S)/N=C(/NO)c1ccccn1. The molecule has 0 amide bonds. The number of aromatic nitrogens is 1. The van der Waals surface area contributed by atoms with Gasteiger partial charge < -0.3 is 5.32 Å². The Morgan fingerprint density at radius 3 is 2.93 bits per heavy atom. The number of pyridine rings is 1. The van der Waals surface area contributed by atoms with E-state index in [1.165, 1.54) is 0 Å². The number of hydrogen-bond donors (Lipinski definition) is 3. The summed E-state index contributed by atoms with van der Waals surface area (Å²) in [5.41, 5.74) is 2.50. The van der Waals surface area contributed by atoms with Crippen LogP contribution in [0.25, 0.3) is 0 Å². The standard InChI is InChI=1S/C9H12N4OS/c1-2-10-9(15)12-8(13-14)7-5-3-4-6-11-7/h3-6,14H,2H2,1H3,(H2,10,12,13,15). The molecule has 5 nitrogen and oxygen atoms in total. The zero-order valence-electron chi connectivity index (χ0n) is 8.27. The van der Waals surface area contributed by atoms with E-state index in [4.69, 9.17) is 17.4 Å². The number of hydroxylamine groups is 1. The minimum atomic E-state index is 0.224. The summed E-state index contributed by atoms with van der Waals surface area (Å²) in [4.78, 5) is 7.99. The lowest BCUT2D eigenvalue weighted by Crippen LogP contribution is -2.27. The van der Waals surface area contributed by atoms with Gasteiger partial charge in [0.25, 0.3) is 0 Å². The zero-order chi connectivity index (χ0) is 11.1. The molecule has 0 atom stereocenters. The molecule has 0 aliphatic heterocycles. The molecule has 15 heavy (non-hydrogen) atoms. The Kier molecular flexibility index (Phi) is 4.65. The number of amidine groups is 1. The topological polar surface area (TPSA) is 69.5 Å². The summed E-state index contributed by atoms with van der Waals surface area (Å²) in [7, 11) is 0. The molecule has 0 bridgehead atoms. The predicted octanol–water partition coefficient (Wildman–Crippen LogP) is 0.701. The molecule has 1 aromatic heterocycles. The van der Waals surface area contributed by atoms with Crippen molar-refractivity contribution in [2.45, 2.75) is 6.92 Å². The van der Waals surface area contributed by atoms with Gasteiger partial charge in [0.1, 0.15) is 5.69 Å². The van der Waals surface area contributed by atoms with E-state index in [-0.39, 0.29) is 5.84 Å². The van der Waals surface area contributed by atoms with Crippen molar-refractivity contribution < 1.29 is 5.21 Å². The molecular weight excluding hydrogens is 212 g/mol. The van der Waals surface area contributed by atoms with Gasteiger partial charge in [-0.1, -0.05) is 6.07 Å². The minimum Gasteiger partial charge on any atom is -0.361 e. The van der Waals surface area contributed by atoms with Gasteiger partial charge in [0.05, 0.1) is 0 Å². The van der Waals surface area contributed by atoms with E-state index in [2.05, 4.69) is 15.3 Å². The third-order valence-electron chi connectivity index (χ3n) is 1.55. The van der Waals surface area contributed by atoms with Crippen molar-refractivity contribution in [1.82, 2.24) is 15.8 Å². The van der Waals surface area contributed by atoms with Crippen LogP contribution in [0.4, 0.5) is 0 Å². The van der Waals surface area contributed by atoms with Crippen molar-refractivity contribution in [2.75, 3.05) is 6.54 Å². The van der Waals surface area contributed by atoms with Crippen LogP contribution in [-0.2, 0) is 0 Å². The highest BCUT2D eigenvalue weighted by Gasteiger charge is 2.03. The number of rotatable bonds is 2. The Hall–Kier alpha value is -1.53. The van der Waals surface area contributed by atoms with Crippen LogP contribution < -0.4 is 10.8 Å². The summed E-state index contributed by atoms with van der Waals surface area (Å²) in [5, 5.41) is 12.0. The smallest absolute Gasteiger partial charge is 0.194 e. The molecule has 0 aromatic carbocycles. The second-order valence-electron chi connectivity index (χ2n) is 2.62. The van der Waals surface area contributed by atoms with Gasteiger partial charge in [0.2, 0.25) is 0 Å². The highest BCUT2D eigenvalue weighted by Crippen LogP contribution is 1.94. The fourth-order valence-electron chi connectivity index (χ4n) is 0.935. The lowest BCUT2D eigenvalue weighted by atomic mass is 10.3. The molecule has 0 aliphatic carbocycles. The van der Waals surface area contributed by atoms with E-state index in [1.54, 1.807) is 24.4 Å². The van der Waals surface area contributed by atoms with E-state index >= 15 is 0 Å². The van der Waals surface area contributed by atoms with Crippen molar-refractivity contribution in [3.63, 3.8) is 0 Å². The van der Waals surface area contributed by atoms with Gasteiger partial charge in [-0.05, 0) is 31.3 Å². The predicted molar refractivity (Wildman–Crippen MR) is 62.0 cm³/mol. The molecule has 3 N–H and O–H groups in total. The van der Waals surface area contributed by atoms with Crippen LogP contribution in [-0.4, -0.2) is 27.7 Å². The van der Waals surface area contributed by atoms with Crippen molar-refractivity contribution in [3.8, 4) is 0 Å². The van der Waals surface area contributed by atoms with E-state index < -0.39 is 0 Å². The van der Waals surface area contributed by atoms with Crippen LogP contribution in [0.5, 0.6) is 0 Å². The van der Waals surface area contributed by atoms with Crippen LogP contribution in [0.2, 0.25) is 0 Å². The van der Waals surface area contributed by atoms with Crippen LogP contribution in [0.3, 0.4) is 0 Å². The molecule has 0 aliphatic rings. The summed E-state index contributed by atoms with van der Waals surface area (Å²) in [5.74, 6) is 0.224. The van der Waals surface area contributed by atoms with Crippen LogP contribution in [0.15, 0.2) is 29.4 Å². The molecule has 1 aromatic rings. The van der Waals surface area contributed by atoms with Gasteiger partial charge in [0.15, 0.2) is 10.9 Å². The number of nitrogens with one attached hydrogen (secondary N) is 2. The first-order valence-corrected chi connectivity index (χ1v) is 4.86. The van der Waals surface area contributed by atoms with E-state index in [0.717, 1.165) is 0 Å². The molecule has 0 radical (unpaired) electrons. The van der Waals surface area contributed by atoms with Gasteiger partial charge in [-0.15, -0.1) is 0 Å². The van der Waals surface area contributed by atoms with Crippen LogP contribution in [0, 0.1) is 0 Å². The monoisotopic (exact) mass is 224 g/mol. The zero-order valence-corrected chi connectivity index (χ0v) is 9.08. The number of thiocarbonyl (C=S) groups is 1. The second kappa shape index (κ2) is 6.05. The summed E-state index contributed by atoms with van der Waals surface area (Å²) in [6.07, 6.45) is 1.61. The van der Waals surface area contributed by atoms with Crippen molar-refractivity contribution >= 4 is 23.2 Å². The molecule has 0 saturated carbocycles. The lowest BCUT2D eigenvalue weighted by molar-refractivity contribution is 0.235. The summed E-state index contributed by atoms with van der Waals surface area (Å²) >= 11 is 4.92. The fourth-order valence-corrected chi connectivity index (χ4v) is 1.17. The molecule has 0 saturated heterocycles. The average molecular weight is 224 g/mol. The normalized spacial score (nSPS) is 10.9. The van der Waals surface area contributed by atoms with Crippen molar-refractivity contribution in [2.24, 2.45) is 4.99 Å². The summed E-state index contributed by atoms with van der Waals surface area (Å²) in [6.45, 7) is 2.60. The quantitative estimate of drug-likeness (QED) is 0.298. The first-order valence-electron chi connectivity index (χ1n) is 4.46. The lowest BCUT2D eigenvalue weighted by Gasteiger charge is -2.04. The van der Waals surface area contributed by atoms with Gasteiger partial charge in [-0.2, -0.15) is 4.99 Å². The molecule has 6 heteroatoms. The largest absolute Gasteiger partial charge is 0.361 e. The highest BCUT2D eigenvalue weighted by atomic mass is 32.1. The van der Waals surface area contributed by atoms with Crippen LogP contribution >= 0.6 is 12.2 Å². The fraction of sp³-hybridized carbons (Fsp3) is 0.222. The molecule has 0 fully saturated rings.